The third-order valence-electron chi connectivity index (χ3n) is 5.88. The van der Waals surface area contributed by atoms with Crippen molar-refractivity contribution in [1.82, 2.24) is 20.0 Å². The molecule has 4 rings (SSSR count). The van der Waals surface area contributed by atoms with E-state index >= 15 is 0 Å². The highest BCUT2D eigenvalue weighted by atomic mass is 16.2. The number of amides is 3. The third kappa shape index (κ3) is 2.99. The van der Waals surface area contributed by atoms with Crippen LogP contribution in [-0.4, -0.2) is 71.8 Å². The summed E-state index contributed by atoms with van der Waals surface area (Å²) in [7, 11) is 1.77. The van der Waals surface area contributed by atoms with Crippen LogP contribution >= 0.6 is 0 Å². The monoisotopic (exact) mass is 383 g/mol. The van der Waals surface area contributed by atoms with Crippen LogP contribution in [0, 0.1) is 12.8 Å². The Morgan fingerprint density at radius 3 is 2.54 bits per heavy atom. The minimum Gasteiger partial charge on any atom is -0.343 e. The number of benzene rings is 1. The number of nitrogens with one attached hydrogen (secondary N) is 1. The standard InChI is InChI=1S/C21H29N5O2/c1-13(2)10-26-19(27)17-18(23(5)21(26)28)22-20-24(11-15(4)12-25(17)20)16-8-6-14(3)7-9-16/h6-9,15,17-18,20,22H,1,10-12H2,2-5H3. The number of likely N-dealkylation sites (N-methyl/N-ethyl adjacent to an activating group) is 1. The predicted octanol–water partition coefficient (Wildman–Crippen LogP) is 1.80. The molecule has 28 heavy (non-hydrogen) atoms. The maximum Gasteiger partial charge on any atom is 0.328 e. The van der Waals surface area contributed by atoms with E-state index in [0.717, 1.165) is 24.4 Å². The quantitative estimate of drug-likeness (QED) is 0.807. The summed E-state index contributed by atoms with van der Waals surface area (Å²) in [5.74, 6) is 0.271. The molecule has 1 aromatic carbocycles. The van der Waals surface area contributed by atoms with Gasteiger partial charge in [0, 0.05) is 25.8 Å². The normalized spacial score (nSPS) is 30.5. The van der Waals surface area contributed by atoms with Gasteiger partial charge in [-0.05, 0) is 31.9 Å². The van der Waals surface area contributed by atoms with Gasteiger partial charge in [0.2, 0.25) is 0 Å². The predicted molar refractivity (Wildman–Crippen MR) is 109 cm³/mol. The van der Waals surface area contributed by atoms with Gasteiger partial charge in [0.05, 0.1) is 6.54 Å². The molecule has 1 aromatic rings. The number of carbonyl (C=O) groups is 2. The molecule has 3 saturated heterocycles. The Hall–Kier alpha value is -2.38. The zero-order chi connectivity index (χ0) is 20.2. The second-order valence-electron chi connectivity index (χ2n) is 8.49. The van der Waals surface area contributed by atoms with Crippen LogP contribution in [0.15, 0.2) is 36.4 Å². The summed E-state index contributed by atoms with van der Waals surface area (Å²) >= 11 is 0. The highest BCUT2D eigenvalue weighted by Gasteiger charge is 2.56. The molecule has 4 atom stereocenters. The molecule has 0 saturated carbocycles. The van der Waals surface area contributed by atoms with E-state index in [1.807, 2.05) is 6.92 Å². The van der Waals surface area contributed by atoms with Crippen molar-refractivity contribution in [1.29, 1.82) is 0 Å². The summed E-state index contributed by atoms with van der Waals surface area (Å²) in [5, 5.41) is 3.55. The summed E-state index contributed by atoms with van der Waals surface area (Å²) in [5.41, 5.74) is 3.14. The molecule has 0 aliphatic carbocycles. The Morgan fingerprint density at radius 2 is 1.89 bits per heavy atom. The molecule has 3 aliphatic heterocycles. The van der Waals surface area contributed by atoms with Crippen LogP contribution in [0.1, 0.15) is 19.4 Å². The minimum atomic E-state index is -0.386. The van der Waals surface area contributed by atoms with Gasteiger partial charge in [0.1, 0.15) is 18.5 Å². The van der Waals surface area contributed by atoms with Crippen LogP contribution < -0.4 is 10.2 Å². The average molecular weight is 383 g/mol. The maximum atomic E-state index is 13.3. The summed E-state index contributed by atoms with van der Waals surface area (Å²) in [6.45, 7) is 12.0. The number of carbonyl (C=O) groups excluding carboxylic acids is 2. The molecule has 4 unspecified atom stereocenters. The van der Waals surface area contributed by atoms with Crippen LogP contribution in [0.4, 0.5) is 10.5 Å². The lowest BCUT2D eigenvalue weighted by Crippen LogP contribution is -2.66. The molecule has 7 heteroatoms. The van der Waals surface area contributed by atoms with Crippen molar-refractivity contribution in [2.75, 3.05) is 31.6 Å². The molecule has 3 heterocycles. The van der Waals surface area contributed by atoms with E-state index < -0.39 is 0 Å². The number of aryl methyl sites for hydroxylation is 1. The van der Waals surface area contributed by atoms with Gasteiger partial charge in [-0.15, -0.1) is 0 Å². The van der Waals surface area contributed by atoms with Gasteiger partial charge in [-0.25, -0.2) is 4.79 Å². The Balaban J connectivity index is 1.68. The molecular weight excluding hydrogens is 354 g/mol. The molecule has 0 bridgehead atoms. The van der Waals surface area contributed by atoms with Gasteiger partial charge in [-0.3, -0.25) is 19.9 Å². The fourth-order valence-electron chi connectivity index (χ4n) is 4.57. The van der Waals surface area contributed by atoms with E-state index in [-0.39, 0.29) is 37.0 Å². The molecule has 0 aromatic heterocycles. The van der Waals surface area contributed by atoms with Crippen molar-refractivity contribution in [3.63, 3.8) is 0 Å². The topological polar surface area (TPSA) is 59.1 Å². The number of urea groups is 1. The Labute approximate surface area is 166 Å². The van der Waals surface area contributed by atoms with Crippen LogP contribution in [0.2, 0.25) is 0 Å². The SMILES string of the molecule is C=C(C)CN1C(=O)C2C(NC3N(c4ccc(C)cc4)CC(C)CN23)N(C)C1=O. The number of nitrogens with zero attached hydrogens (tertiary/aromatic N) is 4. The van der Waals surface area contributed by atoms with Gasteiger partial charge in [-0.2, -0.15) is 0 Å². The third-order valence-corrected chi connectivity index (χ3v) is 5.88. The van der Waals surface area contributed by atoms with Crippen molar-refractivity contribution in [2.24, 2.45) is 5.92 Å². The number of fused-ring (bicyclic) bond motifs is 3. The van der Waals surface area contributed by atoms with E-state index in [2.05, 4.69) is 59.8 Å². The van der Waals surface area contributed by atoms with Gasteiger partial charge in [-0.1, -0.05) is 36.8 Å². The van der Waals surface area contributed by atoms with Crippen molar-refractivity contribution in [3.8, 4) is 0 Å². The zero-order valence-corrected chi connectivity index (χ0v) is 17.1. The molecular formula is C21H29N5O2. The number of hydrogen-bond acceptors (Lipinski definition) is 5. The minimum absolute atomic E-state index is 0.113. The molecule has 0 radical (unpaired) electrons. The van der Waals surface area contributed by atoms with E-state index in [4.69, 9.17) is 0 Å². The zero-order valence-electron chi connectivity index (χ0n) is 17.1. The molecule has 3 aliphatic rings. The first-order chi connectivity index (χ1) is 13.3. The number of rotatable bonds is 3. The lowest BCUT2D eigenvalue weighted by atomic mass is 10.0. The first-order valence-corrected chi connectivity index (χ1v) is 9.85. The summed E-state index contributed by atoms with van der Waals surface area (Å²) in [6.07, 6.45) is -0.442. The highest BCUT2D eigenvalue weighted by Crippen LogP contribution is 2.34. The Morgan fingerprint density at radius 1 is 1.21 bits per heavy atom. The number of hydrogen-bond donors (Lipinski definition) is 1. The molecule has 1 N–H and O–H groups in total. The maximum absolute atomic E-state index is 13.3. The van der Waals surface area contributed by atoms with Gasteiger partial charge < -0.3 is 9.80 Å². The van der Waals surface area contributed by atoms with Crippen molar-refractivity contribution in [3.05, 3.63) is 42.0 Å². The van der Waals surface area contributed by atoms with E-state index in [0.29, 0.717) is 5.92 Å². The molecule has 7 nitrogen and oxygen atoms in total. The molecule has 150 valence electrons. The lowest BCUT2D eigenvalue weighted by molar-refractivity contribution is -0.138. The lowest BCUT2D eigenvalue weighted by Gasteiger charge is -2.46. The van der Waals surface area contributed by atoms with Crippen LogP contribution in [0.3, 0.4) is 0 Å². The van der Waals surface area contributed by atoms with E-state index in [1.54, 1.807) is 11.9 Å². The van der Waals surface area contributed by atoms with E-state index in [9.17, 15) is 9.59 Å². The average Bonchev–Trinajstić information content (AvgIpc) is 3.03. The smallest absolute Gasteiger partial charge is 0.328 e. The van der Waals surface area contributed by atoms with Crippen LogP contribution in [0.5, 0.6) is 0 Å². The highest BCUT2D eigenvalue weighted by molar-refractivity contribution is 6.00. The fourth-order valence-corrected chi connectivity index (χ4v) is 4.57. The first-order valence-electron chi connectivity index (χ1n) is 9.85. The van der Waals surface area contributed by atoms with Gasteiger partial charge in [0.25, 0.3) is 5.91 Å². The Kier molecular flexibility index (Phi) is 4.67. The Bertz CT molecular complexity index is 808. The second kappa shape index (κ2) is 6.90. The molecule has 3 fully saturated rings. The van der Waals surface area contributed by atoms with E-state index in [1.165, 1.54) is 10.5 Å². The number of anilines is 1. The summed E-state index contributed by atoms with van der Waals surface area (Å²) < 4.78 is 0. The van der Waals surface area contributed by atoms with Crippen LogP contribution in [0.25, 0.3) is 0 Å². The fraction of sp³-hybridized carbons (Fsp3) is 0.524. The summed E-state index contributed by atoms with van der Waals surface area (Å²) in [4.78, 5) is 33.6. The van der Waals surface area contributed by atoms with Crippen molar-refractivity contribution >= 4 is 17.6 Å². The van der Waals surface area contributed by atoms with Crippen molar-refractivity contribution < 1.29 is 9.59 Å². The molecule has 3 amide bonds. The second-order valence-corrected chi connectivity index (χ2v) is 8.49. The van der Waals surface area contributed by atoms with Gasteiger partial charge >= 0.3 is 6.03 Å². The molecule has 0 spiro atoms. The largest absolute Gasteiger partial charge is 0.343 e. The van der Waals surface area contributed by atoms with Crippen molar-refractivity contribution in [2.45, 2.75) is 39.3 Å². The van der Waals surface area contributed by atoms with Crippen LogP contribution in [-0.2, 0) is 4.79 Å². The van der Waals surface area contributed by atoms with Gasteiger partial charge in [0.15, 0.2) is 0 Å². The summed E-state index contributed by atoms with van der Waals surface area (Å²) in [6, 6.07) is 7.81. The number of imide groups is 1. The first kappa shape index (κ1) is 19.0.